The van der Waals surface area contributed by atoms with Crippen LogP contribution in [0.5, 0.6) is 0 Å². The first kappa shape index (κ1) is 15.0. The molecule has 0 amide bonds. The van der Waals surface area contributed by atoms with E-state index in [9.17, 15) is 8.42 Å². The first-order valence-corrected chi connectivity index (χ1v) is 8.50. The van der Waals surface area contributed by atoms with Gasteiger partial charge in [-0.05, 0) is 41.6 Å². The van der Waals surface area contributed by atoms with Crippen LogP contribution in [0.3, 0.4) is 0 Å². The van der Waals surface area contributed by atoms with Crippen LogP contribution < -0.4 is 0 Å². The molecule has 1 aromatic heterocycles. The number of hydrogen-bond donors (Lipinski definition) is 1. The molecular formula is C12H18BrNO4S. The van der Waals surface area contributed by atoms with Crippen molar-refractivity contribution in [1.29, 1.82) is 0 Å². The smallest absolute Gasteiger partial charge is 0.247 e. The molecule has 7 heteroatoms. The quantitative estimate of drug-likeness (QED) is 0.907. The highest BCUT2D eigenvalue weighted by molar-refractivity contribution is 9.10. The molecule has 1 aliphatic rings. The van der Waals surface area contributed by atoms with Crippen molar-refractivity contribution in [1.82, 2.24) is 4.31 Å². The van der Waals surface area contributed by atoms with Crippen LogP contribution in [0.25, 0.3) is 0 Å². The molecular weight excluding hydrogens is 334 g/mol. The summed E-state index contributed by atoms with van der Waals surface area (Å²) in [6.45, 7) is 4.27. The van der Waals surface area contributed by atoms with Gasteiger partial charge < -0.3 is 9.52 Å². The Kier molecular flexibility index (Phi) is 4.39. The van der Waals surface area contributed by atoms with Crippen molar-refractivity contribution < 1.29 is 17.9 Å². The third-order valence-electron chi connectivity index (χ3n) is 3.53. The molecule has 2 unspecified atom stereocenters. The van der Waals surface area contributed by atoms with Crippen molar-refractivity contribution in [3.8, 4) is 0 Å². The molecule has 1 aromatic rings. The van der Waals surface area contributed by atoms with Crippen molar-refractivity contribution in [3.63, 3.8) is 0 Å². The minimum atomic E-state index is -3.57. The Morgan fingerprint density at radius 1 is 1.53 bits per heavy atom. The van der Waals surface area contributed by atoms with Gasteiger partial charge in [-0.15, -0.1) is 0 Å². The number of aliphatic hydroxyl groups is 1. The number of piperidine rings is 1. The lowest BCUT2D eigenvalue weighted by molar-refractivity contribution is 0.220. The number of furan rings is 1. The van der Waals surface area contributed by atoms with Gasteiger partial charge in [0.25, 0.3) is 0 Å². The van der Waals surface area contributed by atoms with Gasteiger partial charge in [0.1, 0.15) is 17.3 Å². The van der Waals surface area contributed by atoms with E-state index in [1.165, 1.54) is 10.4 Å². The first-order chi connectivity index (χ1) is 8.86. The van der Waals surface area contributed by atoms with Gasteiger partial charge in [0.15, 0.2) is 4.67 Å². The van der Waals surface area contributed by atoms with Gasteiger partial charge in [-0.2, -0.15) is 4.31 Å². The molecule has 0 aromatic carbocycles. The zero-order valence-corrected chi connectivity index (χ0v) is 13.4. The minimum Gasteiger partial charge on any atom is -0.450 e. The van der Waals surface area contributed by atoms with E-state index in [1.54, 1.807) is 0 Å². The average Bonchev–Trinajstić information content (AvgIpc) is 2.70. The second-order valence-electron chi connectivity index (χ2n) is 5.10. The van der Waals surface area contributed by atoms with Crippen molar-refractivity contribution in [2.24, 2.45) is 5.92 Å². The highest BCUT2D eigenvalue weighted by Gasteiger charge is 2.35. The highest BCUT2D eigenvalue weighted by atomic mass is 79.9. The number of hydrogen-bond acceptors (Lipinski definition) is 4. The van der Waals surface area contributed by atoms with Crippen LogP contribution >= 0.6 is 15.9 Å². The van der Waals surface area contributed by atoms with Gasteiger partial charge in [0.2, 0.25) is 10.0 Å². The second-order valence-corrected chi connectivity index (χ2v) is 7.68. The van der Waals surface area contributed by atoms with E-state index in [4.69, 9.17) is 9.52 Å². The number of halogens is 1. The molecule has 19 heavy (non-hydrogen) atoms. The monoisotopic (exact) mass is 351 g/mol. The van der Waals surface area contributed by atoms with Crippen molar-refractivity contribution in [3.05, 3.63) is 16.5 Å². The Bertz CT molecular complexity index is 554. The molecule has 1 aliphatic heterocycles. The van der Waals surface area contributed by atoms with Gasteiger partial charge >= 0.3 is 0 Å². The fourth-order valence-corrected chi connectivity index (χ4v) is 5.14. The highest BCUT2D eigenvalue weighted by Crippen LogP contribution is 2.33. The average molecular weight is 352 g/mol. The third-order valence-corrected chi connectivity index (χ3v) is 6.40. The Morgan fingerprint density at radius 2 is 2.21 bits per heavy atom. The molecule has 0 aliphatic carbocycles. The van der Waals surface area contributed by atoms with Gasteiger partial charge in [0, 0.05) is 18.7 Å². The maximum absolute atomic E-state index is 12.6. The second kappa shape index (κ2) is 5.55. The Morgan fingerprint density at radius 3 is 2.74 bits per heavy atom. The summed E-state index contributed by atoms with van der Waals surface area (Å²) < 4.78 is 32.0. The molecule has 2 heterocycles. The van der Waals surface area contributed by atoms with Gasteiger partial charge in [-0.3, -0.25) is 0 Å². The molecule has 0 saturated carbocycles. The number of aliphatic hydroxyl groups excluding tert-OH is 1. The number of nitrogens with zero attached hydrogens (tertiary/aromatic N) is 1. The van der Waals surface area contributed by atoms with Crippen LogP contribution in [0, 0.1) is 5.92 Å². The summed E-state index contributed by atoms with van der Waals surface area (Å²) in [6, 6.07) is 1.36. The predicted molar refractivity (Wildman–Crippen MR) is 74.1 cm³/mol. The van der Waals surface area contributed by atoms with Crippen LogP contribution in [-0.2, 0) is 16.6 Å². The third kappa shape index (κ3) is 2.89. The van der Waals surface area contributed by atoms with Crippen LogP contribution in [0.4, 0.5) is 0 Å². The molecule has 0 spiro atoms. The van der Waals surface area contributed by atoms with E-state index in [2.05, 4.69) is 22.9 Å². The zero-order chi connectivity index (χ0) is 14.2. The lowest BCUT2D eigenvalue weighted by Crippen LogP contribution is -2.44. The van der Waals surface area contributed by atoms with E-state index in [1.807, 2.05) is 6.92 Å². The Balaban J connectivity index is 2.34. The summed E-state index contributed by atoms with van der Waals surface area (Å²) >= 11 is 3.11. The number of sulfonamides is 1. The fraction of sp³-hybridized carbons (Fsp3) is 0.667. The molecule has 0 radical (unpaired) electrons. The molecule has 1 fully saturated rings. The molecule has 2 rings (SSSR count). The maximum atomic E-state index is 12.6. The summed E-state index contributed by atoms with van der Waals surface area (Å²) in [5.41, 5.74) is 0. The van der Waals surface area contributed by atoms with E-state index in [-0.39, 0.29) is 28.0 Å². The Hall–Kier alpha value is -0.370. The molecule has 5 nitrogen and oxygen atoms in total. The molecule has 108 valence electrons. The molecule has 2 atom stereocenters. The van der Waals surface area contributed by atoms with Crippen LogP contribution in [0.2, 0.25) is 0 Å². The lowest BCUT2D eigenvalue weighted by Gasteiger charge is -2.35. The van der Waals surface area contributed by atoms with Crippen LogP contribution in [0.1, 0.15) is 32.4 Å². The molecule has 1 N–H and O–H groups in total. The van der Waals surface area contributed by atoms with Crippen LogP contribution in [0.15, 0.2) is 20.0 Å². The summed E-state index contributed by atoms with van der Waals surface area (Å²) in [5, 5.41) is 9.02. The summed E-state index contributed by atoms with van der Waals surface area (Å²) in [5.74, 6) is 0.783. The minimum absolute atomic E-state index is 0.0203. The molecule has 0 bridgehead atoms. The first-order valence-electron chi connectivity index (χ1n) is 6.27. The predicted octanol–water partition coefficient (Wildman–Crippen LogP) is 2.34. The van der Waals surface area contributed by atoms with Crippen molar-refractivity contribution >= 4 is 26.0 Å². The Labute approximate surface area is 121 Å². The van der Waals surface area contributed by atoms with Crippen LogP contribution in [-0.4, -0.2) is 30.4 Å². The van der Waals surface area contributed by atoms with E-state index >= 15 is 0 Å². The van der Waals surface area contributed by atoms with Crippen molar-refractivity contribution in [2.75, 3.05) is 6.54 Å². The van der Waals surface area contributed by atoms with Crippen molar-refractivity contribution in [2.45, 2.75) is 44.2 Å². The SMILES string of the molecule is CC1CCN(S(=O)(=O)c2cc(CO)oc2Br)C(C)C1. The lowest BCUT2D eigenvalue weighted by atomic mass is 9.95. The largest absolute Gasteiger partial charge is 0.450 e. The number of rotatable bonds is 3. The normalized spacial score (nSPS) is 25.7. The van der Waals surface area contributed by atoms with E-state index in [0.29, 0.717) is 12.5 Å². The van der Waals surface area contributed by atoms with E-state index in [0.717, 1.165) is 12.8 Å². The zero-order valence-electron chi connectivity index (χ0n) is 11.0. The fourth-order valence-electron chi connectivity index (χ4n) is 2.52. The topological polar surface area (TPSA) is 70.8 Å². The van der Waals surface area contributed by atoms with E-state index < -0.39 is 10.0 Å². The molecule has 1 saturated heterocycles. The van der Waals surface area contributed by atoms with Gasteiger partial charge in [-0.1, -0.05) is 6.92 Å². The standard InChI is InChI=1S/C12H18BrNO4S/c1-8-3-4-14(9(2)5-8)19(16,17)11-6-10(7-15)18-12(11)13/h6,8-9,15H,3-5,7H2,1-2H3. The van der Waals surface area contributed by atoms with Gasteiger partial charge in [0.05, 0.1) is 0 Å². The summed E-state index contributed by atoms with van der Waals surface area (Å²) in [4.78, 5) is 0.0953. The summed E-state index contributed by atoms with van der Waals surface area (Å²) in [7, 11) is -3.57. The summed E-state index contributed by atoms with van der Waals surface area (Å²) in [6.07, 6.45) is 1.73. The van der Waals surface area contributed by atoms with Gasteiger partial charge in [-0.25, -0.2) is 8.42 Å². The maximum Gasteiger partial charge on any atom is 0.247 e.